The zero-order valence-electron chi connectivity index (χ0n) is 13.6. The Labute approximate surface area is 154 Å². The minimum atomic E-state index is -0.974. The van der Waals surface area contributed by atoms with Crippen LogP contribution in [0.4, 0.5) is 0 Å². The van der Waals surface area contributed by atoms with Crippen LogP contribution in [0.15, 0.2) is 42.5 Å². The number of aromatic amines is 1. The van der Waals surface area contributed by atoms with Crippen LogP contribution in [0.3, 0.4) is 0 Å². The Morgan fingerprint density at radius 3 is 2.32 bits per heavy atom. The average molecular weight is 376 g/mol. The molecule has 0 radical (unpaired) electrons. The maximum Gasteiger partial charge on any atom is 0.341 e. The lowest BCUT2D eigenvalue weighted by atomic mass is 10.0. The van der Waals surface area contributed by atoms with Crippen LogP contribution in [0.5, 0.6) is 0 Å². The summed E-state index contributed by atoms with van der Waals surface area (Å²) in [5.74, 6) is -1.01. The molecule has 0 amide bonds. The first kappa shape index (κ1) is 17.5. The van der Waals surface area contributed by atoms with E-state index in [0.717, 1.165) is 16.6 Å². The molecule has 0 unspecified atom stereocenters. The summed E-state index contributed by atoms with van der Waals surface area (Å²) in [7, 11) is 0. The van der Waals surface area contributed by atoms with Crippen molar-refractivity contribution in [2.75, 3.05) is 0 Å². The van der Waals surface area contributed by atoms with E-state index in [9.17, 15) is 9.59 Å². The topological polar surface area (TPSA) is 59.2 Å². The van der Waals surface area contributed by atoms with Gasteiger partial charge in [-0.15, -0.1) is 0 Å². The van der Waals surface area contributed by atoms with Crippen LogP contribution in [0.1, 0.15) is 33.3 Å². The highest BCUT2D eigenvalue weighted by Crippen LogP contribution is 2.27. The second-order valence-corrected chi connectivity index (χ2v) is 6.49. The smallest absolute Gasteiger partial charge is 0.341 e. The van der Waals surface area contributed by atoms with Gasteiger partial charge in [-0.05, 0) is 32.0 Å². The zero-order chi connectivity index (χ0) is 18.1. The SMILES string of the molecule is Cc1[nH]c2ccccc2c1C(=O)[C@@H](C)OC(=O)c1c(Cl)cccc1Cl. The number of hydrogen-bond donors (Lipinski definition) is 1. The third-order valence-electron chi connectivity index (χ3n) is 3.96. The van der Waals surface area contributed by atoms with Crippen LogP contribution in [0, 0.1) is 6.92 Å². The van der Waals surface area contributed by atoms with Crippen molar-refractivity contribution in [3.63, 3.8) is 0 Å². The first-order chi connectivity index (χ1) is 11.9. The molecule has 1 heterocycles. The minimum Gasteiger partial charge on any atom is -0.451 e. The van der Waals surface area contributed by atoms with Crippen LogP contribution in [-0.2, 0) is 4.74 Å². The van der Waals surface area contributed by atoms with Crippen molar-refractivity contribution in [2.45, 2.75) is 20.0 Å². The summed E-state index contributed by atoms with van der Waals surface area (Å²) >= 11 is 12.0. The third kappa shape index (κ3) is 3.28. The number of rotatable bonds is 4. The van der Waals surface area contributed by atoms with E-state index in [0.29, 0.717) is 5.56 Å². The van der Waals surface area contributed by atoms with Crippen LogP contribution in [0.25, 0.3) is 10.9 Å². The first-order valence-electron chi connectivity index (χ1n) is 7.66. The fourth-order valence-corrected chi connectivity index (χ4v) is 3.31. The fourth-order valence-electron chi connectivity index (χ4n) is 2.76. The third-order valence-corrected chi connectivity index (χ3v) is 4.59. The predicted molar refractivity (Wildman–Crippen MR) is 98.7 cm³/mol. The molecule has 0 saturated carbocycles. The summed E-state index contributed by atoms with van der Waals surface area (Å²) in [6, 6.07) is 12.2. The maximum atomic E-state index is 12.8. The van der Waals surface area contributed by atoms with Crippen molar-refractivity contribution in [2.24, 2.45) is 0 Å². The zero-order valence-corrected chi connectivity index (χ0v) is 15.1. The fraction of sp³-hybridized carbons (Fsp3) is 0.158. The van der Waals surface area contributed by atoms with Crippen molar-refractivity contribution in [3.8, 4) is 0 Å². The van der Waals surface area contributed by atoms with Crippen molar-refractivity contribution in [3.05, 3.63) is 69.3 Å². The van der Waals surface area contributed by atoms with Crippen molar-refractivity contribution >= 4 is 45.9 Å². The molecule has 4 nitrogen and oxygen atoms in total. The first-order valence-corrected chi connectivity index (χ1v) is 8.42. The van der Waals surface area contributed by atoms with Gasteiger partial charge in [0.2, 0.25) is 5.78 Å². The normalized spacial score (nSPS) is 12.2. The lowest BCUT2D eigenvalue weighted by molar-refractivity contribution is 0.0319. The number of aryl methyl sites for hydroxylation is 1. The van der Waals surface area contributed by atoms with E-state index >= 15 is 0 Å². The van der Waals surface area contributed by atoms with Crippen LogP contribution in [0.2, 0.25) is 10.0 Å². The number of nitrogens with one attached hydrogen (secondary N) is 1. The number of Topliss-reactive ketones (excluding diaryl/α,β-unsaturated/α-hetero) is 1. The van der Waals surface area contributed by atoms with E-state index < -0.39 is 12.1 Å². The van der Waals surface area contributed by atoms with Gasteiger partial charge in [-0.2, -0.15) is 0 Å². The molecule has 3 rings (SSSR count). The Morgan fingerprint density at radius 1 is 1.00 bits per heavy atom. The van der Waals surface area contributed by atoms with Crippen molar-refractivity contribution in [1.82, 2.24) is 4.98 Å². The standard InChI is InChI=1S/C19H15Cl2NO3/c1-10-16(12-6-3-4-9-15(12)22-10)18(23)11(2)25-19(24)17-13(20)7-5-8-14(17)21/h3-9,11,22H,1-2H3/t11-/m1/s1. The van der Waals surface area contributed by atoms with Gasteiger partial charge in [0.05, 0.1) is 15.6 Å². The van der Waals surface area contributed by atoms with Gasteiger partial charge >= 0.3 is 5.97 Å². The predicted octanol–water partition coefficient (Wildman–Crippen LogP) is 5.21. The Morgan fingerprint density at radius 2 is 1.64 bits per heavy atom. The summed E-state index contributed by atoms with van der Waals surface area (Å²) in [6.45, 7) is 3.35. The monoisotopic (exact) mass is 375 g/mol. The quantitative estimate of drug-likeness (QED) is 0.502. The van der Waals surface area contributed by atoms with Crippen molar-refractivity contribution in [1.29, 1.82) is 0 Å². The number of aromatic nitrogens is 1. The number of benzene rings is 2. The summed E-state index contributed by atoms with van der Waals surface area (Å²) in [5.41, 5.74) is 2.16. The number of esters is 1. The molecule has 0 aliphatic rings. The van der Waals surface area contributed by atoms with Crippen LogP contribution < -0.4 is 0 Å². The lowest BCUT2D eigenvalue weighted by Gasteiger charge is -2.14. The van der Waals surface area contributed by atoms with Gasteiger partial charge in [-0.3, -0.25) is 4.79 Å². The van der Waals surface area contributed by atoms with E-state index in [1.165, 1.54) is 6.92 Å². The van der Waals surface area contributed by atoms with E-state index in [4.69, 9.17) is 27.9 Å². The molecule has 6 heteroatoms. The highest BCUT2D eigenvalue weighted by atomic mass is 35.5. The number of H-pyrrole nitrogens is 1. The number of fused-ring (bicyclic) bond motifs is 1. The van der Waals surface area contributed by atoms with E-state index in [2.05, 4.69) is 4.98 Å². The molecule has 1 N–H and O–H groups in total. The highest BCUT2D eigenvalue weighted by Gasteiger charge is 2.26. The number of ether oxygens (including phenoxy) is 1. The van der Waals surface area contributed by atoms with E-state index in [1.807, 2.05) is 31.2 Å². The molecule has 2 aromatic carbocycles. The molecule has 0 aliphatic heterocycles. The van der Waals surface area contributed by atoms with Gasteiger partial charge in [-0.1, -0.05) is 47.5 Å². The number of carbonyl (C=O) groups excluding carboxylic acids is 2. The molecule has 0 saturated heterocycles. The molecular formula is C19H15Cl2NO3. The number of ketones is 1. The second-order valence-electron chi connectivity index (χ2n) is 5.68. The summed E-state index contributed by atoms with van der Waals surface area (Å²) in [5, 5.41) is 1.16. The Kier molecular flexibility index (Phi) is 4.84. The molecule has 0 aliphatic carbocycles. The van der Waals surface area contributed by atoms with Gasteiger partial charge in [0.1, 0.15) is 0 Å². The summed E-state index contributed by atoms with van der Waals surface area (Å²) in [6.07, 6.45) is -0.974. The van der Waals surface area contributed by atoms with Gasteiger partial charge < -0.3 is 9.72 Å². The molecule has 1 aromatic heterocycles. The van der Waals surface area contributed by atoms with E-state index in [-0.39, 0.29) is 21.4 Å². The highest BCUT2D eigenvalue weighted by molar-refractivity contribution is 6.39. The van der Waals surface area contributed by atoms with Crippen LogP contribution >= 0.6 is 23.2 Å². The number of para-hydroxylation sites is 1. The average Bonchev–Trinajstić information content (AvgIpc) is 2.89. The minimum absolute atomic E-state index is 0.0566. The van der Waals surface area contributed by atoms with Gasteiger partial charge in [0, 0.05) is 22.2 Å². The molecule has 0 fully saturated rings. The van der Waals surface area contributed by atoms with Crippen LogP contribution in [-0.4, -0.2) is 22.8 Å². The Hall–Kier alpha value is -2.30. The largest absolute Gasteiger partial charge is 0.451 e. The molecule has 0 bridgehead atoms. The lowest BCUT2D eigenvalue weighted by Crippen LogP contribution is -2.25. The van der Waals surface area contributed by atoms with Gasteiger partial charge in [0.15, 0.2) is 6.10 Å². The number of hydrogen-bond acceptors (Lipinski definition) is 3. The molecule has 25 heavy (non-hydrogen) atoms. The van der Waals surface area contributed by atoms with E-state index in [1.54, 1.807) is 18.2 Å². The molecule has 1 atom stereocenters. The summed E-state index contributed by atoms with van der Waals surface area (Å²) in [4.78, 5) is 28.3. The van der Waals surface area contributed by atoms with Gasteiger partial charge in [0.25, 0.3) is 0 Å². The second kappa shape index (κ2) is 6.90. The molecule has 3 aromatic rings. The molecule has 128 valence electrons. The summed E-state index contributed by atoms with van der Waals surface area (Å²) < 4.78 is 5.32. The van der Waals surface area contributed by atoms with Crippen molar-refractivity contribution < 1.29 is 14.3 Å². The number of carbonyl (C=O) groups is 2. The number of halogens is 2. The Bertz CT molecular complexity index is 958. The molecular weight excluding hydrogens is 361 g/mol. The Balaban J connectivity index is 1.88. The molecule has 0 spiro atoms. The maximum absolute atomic E-state index is 12.8. The van der Waals surface area contributed by atoms with Gasteiger partial charge in [-0.25, -0.2) is 4.79 Å².